The molecule has 31 heavy (non-hydrogen) atoms. The number of aromatic nitrogens is 3. The van der Waals surface area contributed by atoms with E-state index < -0.39 is 0 Å². The molecule has 1 aliphatic carbocycles. The van der Waals surface area contributed by atoms with Crippen LogP contribution in [0.15, 0.2) is 59.2 Å². The maximum absolute atomic E-state index is 13.4. The number of benzene rings is 2. The second-order valence-corrected chi connectivity index (χ2v) is 7.65. The van der Waals surface area contributed by atoms with Crippen LogP contribution in [-0.2, 0) is 12.8 Å². The molecule has 0 bridgehead atoms. The Morgan fingerprint density at radius 1 is 1.06 bits per heavy atom. The van der Waals surface area contributed by atoms with E-state index in [1.54, 1.807) is 30.0 Å². The van der Waals surface area contributed by atoms with E-state index in [-0.39, 0.29) is 11.7 Å². The topological polar surface area (TPSA) is 73.0 Å². The van der Waals surface area contributed by atoms with Crippen LogP contribution in [0.3, 0.4) is 0 Å². The first-order chi connectivity index (χ1) is 15.1. The Morgan fingerprint density at radius 3 is 2.52 bits per heavy atom. The molecule has 2 heterocycles. The third-order valence-corrected chi connectivity index (χ3v) is 5.52. The van der Waals surface area contributed by atoms with Gasteiger partial charge in [-0.1, -0.05) is 12.1 Å². The number of amides is 1. The van der Waals surface area contributed by atoms with E-state index in [4.69, 9.17) is 4.42 Å². The van der Waals surface area contributed by atoms with Crippen LogP contribution in [-0.4, -0.2) is 20.7 Å². The summed E-state index contributed by atoms with van der Waals surface area (Å²) >= 11 is 0. The summed E-state index contributed by atoms with van der Waals surface area (Å²) in [5.41, 5.74) is 5.52. The zero-order valence-electron chi connectivity index (χ0n) is 17.1. The molecule has 2 aromatic heterocycles. The summed E-state index contributed by atoms with van der Waals surface area (Å²) in [6.45, 7) is 1.80. The van der Waals surface area contributed by atoms with Gasteiger partial charge in [-0.05, 0) is 62.1 Å². The van der Waals surface area contributed by atoms with Gasteiger partial charge >= 0.3 is 0 Å². The minimum Gasteiger partial charge on any atom is -0.449 e. The second-order valence-electron chi connectivity index (χ2n) is 7.65. The van der Waals surface area contributed by atoms with E-state index >= 15 is 0 Å². The van der Waals surface area contributed by atoms with E-state index in [1.807, 2.05) is 24.3 Å². The Labute approximate surface area is 178 Å². The largest absolute Gasteiger partial charge is 0.449 e. The fourth-order valence-corrected chi connectivity index (χ4v) is 3.99. The van der Waals surface area contributed by atoms with Crippen molar-refractivity contribution in [1.82, 2.24) is 14.8 Å². The van der Waals surface area contributed by atoms with Crippen molar-refractivity contribution in [2.24, 2.45) is 0 Å². The maximum atomic E-state index is 13.4. The van der Waals surface area contributed by atoms with Crippen LogP contribution in [0.25, 0.3) is 16.9 Å². The van der Waals surface area contributed by atoms with Crippen molar-refractivity contribution in [2.75, 3.05) is 5.32 Å². The molecule has 0 spiro atoms. The van der Waals surface area contributed by atoms with Crippen LogP contribution in [0.1, 0.15) is 40.5 Å². The lowest BCUT2D eigenvalue weighted by Crippen LogP contribution is -2.15. The summed E-state index contributed by atoms with van der Waals surface area (Å²) in [4.78, 5) is 17.4. The van der Waals surface area contributed by atoms with Crippen molar-refractivity contribution < 1.29 is 13.6 Å². The van der Waals surface area contributed by atoms with Crippen LogP contribution < -0.4 is 5.32 Å². The highest BCUT2D eigenvalue weighted by molar-refractivity contribution is 6.04. The fourth-order valence-electron chi connectivity index (χ4n) is 3.99. The molecule has 0 fully saturated rings. The predicted octanol–water partition coefficient (Wildman–Crippen LogP) is 5.11. The number of carbonyl (C=O) groups excluding carboxylic acids is 1. The number of hydrogen-bond acceptors (Lipinski definition) is 4. The number of oxazole rings is 1. The Bertz CT molecular complexity index is 1240. The molecule has 1 aliphatic rings. The van der Waals surface area contributed by atoms with Crippen molar-refractivity contribution >= 4 is 11.6 Å². The van der Waals surface area contributed by atoms with Crippen molar-refractivity contribution in [2.45, 2.75) is 32.6 Å². The summed E-state index contributed by atoms with van der Waals surface area (Å²) in [6, 6.07) is 13.6. The van der Waals surface area contributed by atoms with Gasteiger partial charge in [0.2, 0.25) is 0 Å². The van der Waals surface area contributed by atoms with Gasteiger partial charge < -0.3 is 9.73 Å². The molecule has 0 atom stereocenters. The van der Waals surface area contributed by atoms with E-state index in [2.05, 4.69) is 15.4 Å². The minimum absolute atomic E-state index is 0.246. The highest BCUT2D eigenvalue weighted by Gasteiger charge is 2.25. The molecular formula is C24H21FN4O2. The molecule has 0 aliphatic heterocycles. The average molecular weight is 416 g/mol. The number of hydrogen-bond donors (Lipinski definition) is 1. The van der Waals surface area contributed by atoms with Crippen LogP contribution in [0.2, 0.25) is 0 Å². The first-order valence-corrected chi connectivity index (χ1v) is 10.3. The molecule has 1 N–H and O–H groups in total. The first-order valence-electron chi connectivity index (χ1n) is 10.3. The lowest BCUT2D eigenvalue weighted by atomic mass is 9.95. The lowest BCUT2D eigenvalue weighted by molar-refractivity contribution is 0.102. The molecule has 2 aromatic carbocycles. The molecule has 0 radical (unpaired) electrons. The van der Waals surface area contributed by atoms with E-state index in [0.29, 0.717) is 17.3 Å². The Hall–Kier alpha value is -3.74. The molecule has 0 saturated heterocycles. The van der Waals surface area contributed by atoms with Gasteiger partial charge in [0.05, 0.1) is 5.69 Å². The van der Waals surface area contributed by atoms with Crippen molar-refractivity contribution in [3.63, 3.8) is 0 Å². The van der Waals surface area contributed by atoms with E-state index in [1.165, 1.54) is 12.1 Å². The van der Waals surface area contributed by atoms with Gasteiger partial charge in [-0.25, -0.2) is 14.1 Å². The number of anilines is 1. The quantitative estimate of drug-likeness (QED) is 0.502. The average Bonchev–Trinajstić information content (AvgIpc) is 3.39. The zero-order valence-corrected chi connectivity index (χ0v) is 17.1. The van der Waals surface area contributed by atoms with Gasteiger partial charge in [-0.15, -0.1) is 0 Å². The molecule has 156 valence electrons. The summed E-state index contributed by atoms with van der Waals surface area (Å²) in [5, 5.41) is 7.56. The number of carbonyl (C=O) groups is 1. The van der Waals surface area contributed by atoms with Gasteiger partial charge in [0, 0.05) is 29.4 Å². The normalized spacial score (nSPS) is 13.1. The molecule has 0 saturated carbocycles. The first kappa shape index (κ1) is 19.2. The molecule has 5 rings (SSSR count). The van der Waals surface area contributed by atoms with E-state index in [9.17, 15) is 9.18 Å². The number of halogens is 1. The monoisotopic (exact) mass is 416 g/mol. The number of nitrogens with one attached hydrogen (secondary N) is 1. The number of fused-ring (bicyclic) bond motifs is 1. The maximum Gasteiger partial charge on any atom is 0.276 e. The SMILES string of the molecule is Cc1nc(-c2ccc(NC(=O)c3nn(-c4ccc(F)cc4)c4c3CCCC4)cc2)co1. The van der Waals surface area contributed by atoms with Crippen LogP contribution in [0.4, 0.5) is 10.1 Å². The summed E-state index contributed by atoms with van der Waals surface area (Å²) in [7, 11) is 0. The molecule has 6 nitrogen and oxygen atoms in total. The third kappa shape index (κ3) is 3.74. The number of rotatable bonds is 4. The van der Waals surface area contributed by atoms with E-state index in [0.717, 1.165) is 53.9 Å². The molecular weight excluding hydrogens is 395 g/mol. The number of aryl methyl sites for hydroxylation is 1. The second kappa shape index (κ2) is 7.83. The highest BCUT2D eigenvalue weighted by atomic mass is 19.1. The standard InChI is InChI=1S/C24H21FN4O2/c1-15-26-21(14-31-15)16-6-10-18(11-7-16)27-24(30)23-20-4-2-3-5-22(20)29(28-23)19-12-8-17(25)9-13-19/h6-14H,2-5H2,1H3,(H,27,30). The van der Waals surface area contributed by atoms with Crippen LogP contribution in [0, 0.1) is 12.7 Å². The van der Waals surface area contributed by atoms with Gasteiger partial charge in [0.1, 0.15) is 17.8 Å². The van der Waals surface area contributed by atoms with Gasteiger partial charge in [-0.3, -0.25) is 4.79 Å². The van der Waals surface area contributed by atoms with Crippen molar-refractivity contribution in [3.05, 3.63) is 83.5 Å². The Morgan fingerprint density at radius 2 is 1.81 bits per heavy atom. The summed E-state index contributed by atoms with van der Waals surface area (Å²) in [5.74, 6) is 0.0601. The lowest BCUT2D eigenvalue weighted by Gasteiger charge is -2.14. The zero-order chi connectivity index (χ0) is 21.4. The number of nitrogens with zero attached hydrogens (tertiary/aromatic N) is 3. The molecule has 4 aromatic rings. The third-order valence-electron chi connectivity index (χ3n) is 5.52. The Kier molecular flexibility index (Phi) is 4.86. The van der Waals surface area contributed by atoms with Crippen molar-refractivity contribution in [1.29, 1.82) is 0 Å². The van der Waals surface area contributed by atoms with Gasteiger partial charge in [0.25, 0.3) is 5.91 Å². The fraction of sp³-hybridized carbons (Fsp3) is 0.208. The summed E-state index contributed by atoms with van der Waals surface area (Å²) in [6.07, 6.45) is 5.33. The molecule has 7 heteroatoms. The minimum atomic E-state index is -0.299. The van der Waals surface area contributed by atoms with Gasteiger partial charge in [0.15, 0.2) is 11.6 Å². The van der Waals surface area contributed by atoms with Crippen molar-refractivity contribution in [3.8, 4) is 16.9 Å². The predicted molar refractivity (Wildman–Crippen MR) is 115 cm³/mol. The molecule has 0 unspecified atom stereocenters. The Balaban J connectivity index is 1.42. The molecule has 1 amide bonds. The highest BCUT2D eigenvalue weighted by Crippen LogP contribution is 2.28. The van der Waals surface area contributed by atoms with Crippen LogP contribution in [0.5, 0.6) is 0 Å². The summed E-state index contributed by atoms with van der Waals surface area (Å²) < 4.78 is 20.4. The van der Waals surface area contributed by atoms with Gasteiger partial charge in [-0.2, -0.15) is 5.10 Å². The smallest absolute Gasteiger partial charge is 0.276 e. The van der Waals surface area contributed by atoms with Crippen LogP contribution >= 0.6 is 0 Å².